The van der Waals surface area contributed by atoms with Crippen LogP contribution < -0.4 is 10.1 Å². The Labute approximate surface area is 120 Å². The van der Waals surface area contributed by atoms with Crippen LogP contribution in [-0.2, 0) is 4.79 Å². The molecule has 20 heavy (non-hydrogen) atoms. The first-order valence-electron chi connectivity index (χ1n) is 7.33. The van der Waals surface area contributed by atoms with Crippen molar-refractivity contribution in [1.29, 1.82) is 0 Å². The number of amides is 1. The van der Waals surface area contributed by atoms with Gasteiger partial charge in [0.05, 0.1) is 11.4 Å². The number of carbonyl (C=O) groups is 1. The van der Waals surface area contributed by atoms with Crippen LogP contribution in [0.2, 0.25) is 0 Å². The zero-order chi connectivity index (χ0) is 15.0. The number of rotatable bonds is 3. The molecule has 1 aliphatic rings. The van der Waals surface area contributed by atoms with E-state index in [9.17, 15) is 4.79 Å². The Morgan fingerprint density at radius 3 is 2.10 bits per heavy atom. The van der Waals surface area contributed by atoms with E-state index in [2.05, 4.69) is 46.9 Å². The second-order valence-electron chi connectivity index (χ2n) is 6.30. The highest BCUT2D eigenvalue weighted by Gasteiger charge is 2.29. The summed E-state index contributed by atoms with van der Waals surface area (Å²) >= 11 is 0. The van der Waals surface area contributed by atoms with Gasteiger partial charge in [0.2, 0.25) is 0 Å². The third kappa shape index (κ3) is 2.51. The Kier molecular flexibility index (Phi) is 4.02. The molecular weight excluding hydrogens is 252 g/mol. The van der Waals surface area contributed by atoms with E-state index in [1.165, 1.54) is 0 Å². The maximum atomic E-state index is 11.6. The van der Waals surface area contributed by atoms with Gasteiger partial charge in [-0.25, -0.2) is 0 Å². The molecule has 1 N–H and O–H groups in total. The molecule has 1 amide bonds. The molecule has 0 spiro atoms. The van der Waals surface area contributed by atoms with Crippen LogP contribution in [0.25, 0.3) is 0 Å². The highest BCUT2D eigenvalue weighted by Crippen LogP contribution is 2.43. The summed E-state index contributed by atoms with van der Waals surface area (Å²) in [5.41, 5.74) is 3.89. The highest BCUT2D eigenvalue weighted by atomic mass is 16.5. The minimum Gasteiger partial charge on any atom is -0.481 e. The van der Waals surface area contributed by atoms with E-state index in [4.69, 9.17) is 9.72 Å². The van der Waals surface area contributed by atoms with Crippen LogP contribution in [0.4, 0.5) is 5.69 Å². The molecule has 4 heteroatoms. The van der Waals surface area contributed by atoms with Crippen LogP contribution >= 0.6 is 0 Å². The van der Waals surface area contributed by atoms with Gasteiger partial charge in [-0.3, -0.25) is 9.78 Å². The van der Waals surface area contributed by atoms with Gasteiger partial charge >= 0.3 is 0 Å². The summed E-state index contributed by atoms with van der Waals surface area (Å²) in [6.07, 6.45) is 0. The van der Waals surface area contributed by atoms with Crippen molar-refractivity contribution in [3.05, 3.63) is 17.0 Å². The van der Waals surface area contributed by atoms with Crippen molar-refractivity contribution in [2.24, 2.45) is 0 Å². The molecular formula is C16H24N2O2. The number of hydrogen-bond donors (Lipinski definition) is 1. The van der Waals surface area contributed by atoms with Crippen LogP contribution in [0.1, 0.15) is 76.2 Å². The van der Waals surface area contributed by atoms with Gasteiger partial charge in [-0.15, -0.1) is 0 Å². The maximum Gasteiger partial charge on any atom is 0.262 e. The van der Waals surface area contributed by atoms with Crippen molar-refractivity contribution in [3.8, 4) is 5.75 Å². The summed E-state index contributed by atoms with van der Waals surface area (Å²) in [7, 11) is 0. The molecule has 0 radical (unpaired) electrons. The molecule has 0 bridgehead atoms. The first-order chi connectivity index (χ1) is 9.32. The zero-order valence-corrected chi connectivity index (χ0v) is 13.2. The molecule has 1 aliphatic heterocycles. The van der Waals surface area contributed by atoms with E-state index in [0.717, 1.165) is 28.4 Å². The number of carbonyl (C=O) groups excluding carboxylic acids is 1. The molecule has 110 valence electrons. The minimum atomic E-state index is -0.104. The van der Waals surface area contributed by atoms with Crippen molar-refractivity contribution in [1.82, 2.24) is 4.98 Å². The van der Waals surface area contributed by atoms with Crippen LogP contribution in [0.5, 0.6) is 5.75 Å². The quantitative estimate of drug-likeness (QED) is 0.914. The normalized spacial score (nSPS) is 14.6. The first kappa shape index (κ1) is 14.8. The largest absolute Gasteiger partial charge is 0.481 e. The van der Waals surface area contributed by atoms with Gasteiger partial charge in [0.1, 0.15) is 5.69 Å². The third-order valence-corrected chi connectivity index (χ3v) is 3.53. The second kappa shape index (κ2) is 5.43. The topological polar surface area (TPSA) is 51.2 Å². The number of fused-ring (bicyclic) bond motifs is 1. The lowest BCUT2D eigenvalue weighted by Gasteiger charge is -2.28. The lowest BCUT2D eigenvalue weighted by Crippen LogP contribution is -2.28. The standard InChI is InChI=1S/C16H24N2O2/c1-8(2)12-13(9(3)4)18-14(10(5)6)15-16(12)20-7-11(19)17-15/h8-10H,7H2,1-6H3,(H,17,19). The molecule has 0 unspecified atom stereocenters. The fourth-order valence-corrected chi connectivity index (χ4v) is 2.61. The number of hydrogen-bond acceptors (Lipinski definition) is 3. The van der Waals surface area contributed by atoms with E-state index in [1.807, 2.05) is 0 Å². The van der Waals surface area contributed by atoms with Gasteiger partial charge in [-0.2, -0.15) is 0 Å². The summed E-state index contributed by atoms with van der Waals surface area (Å²) in [5, 5.41) is 2.94. The lowest BCUT2D eigenvalue weighted by molar-refractivity contribution is -0.118. The van der Waals surface area contributed by atoms with Crippen LogP contribution in [0.15, 0.2) is 0 Å². The lowest BCUT2D eigenvalue weighted by atomic mass is 9.91. The van der Waals surface area contributed by atoms with Crippen molar-refractivity contribution in [2.75, 3.05) is 11.9 Å². The predicted octanol–water partition coefficient (Wildman–Crippen LogP) is 3.78. The molecule has 0 aromatic carbocycles. The smallest absolute Gasteiger partial charge is 0.262 e. The maximum absolute atomic E-state index is 11.6. The molecule has 0 saturated heterocycles. The fourth-order valence-electron chi connectivity index (χ4n) is 2.61. The predicted molar refractivity (Wildman–Crippen MR) is 80.6 cm³/mol. The number of pyridine rings is 1. The van der Waals surface area contributed by atoms with Crippen LogP contribution in [0.3, 0.4) is 0 Å². The number of nitrogens with one attached hydrogen (secondary N) is 1. The van der Waals surface area contributed by atoms with E-state index in [0.29, 0.717) is 11.8 Å². The van der Waals surface area contributed by atoms with Crippen molar-refractivity contribution < 1.29 is 9.53 Å². The minimum absolute atomic E-state index is 0.0891. The average Bonchev–Trinajstić information content (AvgIpc) is 2.35. The number of anilines is 1. The Bertz CT molecular complexity index is 534. The summed E-state index contributed by atoms with van der Waals surface area (Å²) < 4.78 is 5.76. The van der Waals surface area contributed by atoms with E-state index in [-0.39, 0.29) is 18.4 Å². The molecule has 0 atom stereocenters. The Morgan fingerprint density at radius 1 is 1.00 bits per heavy atom. The van der Waals surface area contributed by atoms with Gasteiger partial charge in [0, 0.05) is 5.56 Å². The van der Waals surface area contributed by atoms with Gasteiger partial charge in [0.25, 0.3) is 5.91 Å². The fraction of sp³-hybridized carbons (Fsp3) is 0.625. The number of nitrogens with zero attached hydrogens (tertiary/aromatic N) is 1. The van der Waals surface area contributed by atoms with E-state index >= 15 is 0 Å². The van der Waals surface area contributed by atoms with Gasteiger partial charge in [0.15, 0.2) is 12.4 Å². The van der Waals surface area contributed by atoms with Crippen molar-refractivity contribution in [2.45, 2.75) is 59.3 Å². The monoisotopic (exact) mass is 276 g/mol. The second-order valence-corrected chi connectivity index (χ2v) is 6.30. The van der Waals surface area contributed by atoms with Crippen molar-refractivity contribution >= 4 is 11.6 Å². The Hall–Kier alpha value is -1.58. The SMILES string of the molecule is CC(C)c1nc(C(C)C)c(C(C)C)c2c1NC(=O)CO2. The first-order valence-corrected chi connectivity index (χ1v) is 7.33. The van der Waals surface area contributed by atoms with Crippen LogP contribution in [-0.4, -0.2) is 17.5 Å². The average molecular weight is 276 g/mol. The molecule has 0 saturated carbocycles. The summed E-state index contributed by atoms with van der Waals surface area (Å²) in [6, 6.07) is 0. The van der Waals surface area contributed by atoms with Crippen molar-refractivity contribution in [3.63, 3.8) is 0 Å². The van der Waals surface area contributed by atoms with Gasteiger partial charge in [-0.1, -0.05) is 41.5 Å². The summed E-state index contributed by atoms with van der Waals surface area (Å²) in [4.78, 5) is 16.5. The summed E-state index contributed by atoms with van der Waals surface area (Å²) in [5.74, 6) is 1.60. The Morgan fingerprint density at radius 2 is 1.60 bits per heavy atom. The number of aromatic nitrogens is 1. The Balaban J connectivity index is 2.74. The molecule has 4 nitrogen and oxygen atoms in total. The van der Waals surface area contributed by atoms with E-state index < -0.39 is 0 Å². The molecule has 1 aromatic heterocycles. The molecule has 0 aliphatic carbocycles. The van der Waals surface area contributed by atoms with E-state index in [1.54, 1.807) is 0 Å². The highest BCUT2D eigenvalue weighted by molar-refractivity contribution is 5.96. The zero-order valence-electron chi connectivity index (χ0n) is 13.2. The molecule has 2 rings (SSSR count). The van der Waals surface area contributed by atoms with Crippen LogP contribution in [0, 0.1) is 0 Å². The molecule has 1 aromatic rings. The molecule has 2 heterocycles. The third-order valence-electron chi connectivity index (χ3n) is 3.53. The molecule has 0 fully saturated rings. The van der Waals surface area contributed by atoms with Gasteiger partial charge in [-0.05, 0) is 17.8 Å². The number of ether oxygens (including phenoxy) is 1. The van der Waals surface area contributed by atoms with Gasteiger partial charge < -0.3 is 10.1 Å². The summed E-state index contributed by atoms with van der Waals surface area (Å²) in [6.45, 7) is 12.8.